The van der Waals surface area contributed by atoms with Crippen LogP contribution in [-0.2, 0) is 16.5 Å². The number of rotatable bonds is 12. The zero-order chi connectivity index (χ0) is 21.3. The lowest BCUT2D eigenvalue weighted by Gasteiger charge is -2.50. The van der Waals surface area contributed by atoms with E-state index in [2.05, 4.69) is 50.7 Å². The Kier molecular flexibility index (Phi) is 11.3. The summed E-state index contributed by atoms with van der Waals surface area (Å²) in [4.78, 5) is 0. The molecule has 0 amide bonds. The Balaban J connectivity index is 3.18. The quantitative estimate of drug-likeness (QED) is 0.328. The highest BCUT2D eigenvalue weighted by Crippen LogP contribution is 2.38. The number of nitrogens with one attached hydrogen (secondary N) is 2. The summed E-state index contributed by atoms with van der Waals surface area (Å²) in [5.74, 6) is 0. The van der Waals surface area contributed by atoms with E-state index >= 15 is 0 Å². The van der Waals surface area contributed by atoms with Crippen molar-refractivity contribution in [2.24, 2.45) is 0 Å². The van der Waals surface area contributed by atoms with Crippen LogP contribution in [0.1, 0.15) is 39.5 Å². The largest absolute Gasteiger partial charge is 0.416 e. The van der Waals surface area contributed by atoms with Gasteiger partial charge in [-0.1, -0.05) is 26.7 Å². The van der Waals surface area contributed by atoms with Crippen molar-refractivity contribution >= 4 is 34.2 Å². The van der Waals surface area contributed by atoms with E-state index in [0.29, 0.717) is 0 Å². The molecule has 168 valence electrons. The zero-order valence-corrected chi connectivity index (χ0v) is 23.7. The Morgan fingerprint density at radius 3 is 1.07 bits per heavy atom. The zero-order valence-electron chi connectivity index (χ0n) is 19.7. The topological polar surface area (TPSA) is 61.0 Å². The molecule has 0 atom stereocenters. The summed E-state index contributed by atoms with van der Waals surface area (Å²) < 4.78 is 27.9. The van der Waals surface area contributed by atoms with Crippen LogP contribution in [0.3, 0.4) is 0 Å². The van der Waals surface area contributed by atoms with Crippen molar-refractivity contribution in [2.75, 3.05) is 27.2 Å². The molecule has 0 bridgehead atoms. The van der Waals surface area contributed by atoms with Crippen LogP contribution in [0.2, 0.25) is 50.4 Å². The molecular weight excluding hydrogens is 421 g/mol. The molecule has 1 aliphatic heterocycles. The fourth-order valence-electron chi connectivity index (χ4n) is 4.40. The molecule has 1 fully saturated rings. The van der Waals surface area contributed by atoms with Gasteiger partial charge < -0.3 is 27.1 Å². The molecule has 0 saturated carbocycles. The standard InChI is InChI=1S/C18H46N2O4Si4/c1-9-15-25(5)21-27(7,17-11-13-19-3)23-26(6,16-10-2)24-28(8,22-25)18-12-14-20-4/h19-20H,9-18H2,1-8H3. The average molecular weight is 467 g/mol. The highest BCUT2D eigenvalue weighted by atomic mass is 28.5. The lowest BCUT2D eigenvalue weighted by atomic mass is 10.5. The Morgan fingerprint density at radius 2 is 0.821 bits per heavy atom. The van der Waals surface area contributed by atoms with E-state index < -0.39 is 34.2 Å². The van der Waals surface area contributed by atoms with Crippen molar-refractivity contribution in [3.63, 3.8) is 0 Å². The predicted molar refractivity (Wildman–Crippen MR) is 128 cm³/mol. The van der Waals surface area contributed by atoms with Crippen LogP contribution in [0, 0.1) is 0 Å². The van der Waals surface area contributed by atoms with Crippen LogP contribution in [0.5, 0.6) is 0 Å². The number of hydrogen-bond donors (Lipinski definition) is 2. The summed E-state index contributed by atoms with van der Waals surface area (Å²) in [7, 11) is -5.39. The Bertz CT molecular complexity index is 407. The molecule has 1 aliphatic rings. The highest BCUT2D eigenvalue weighted by molar-refractivity contribution is 6.93. The third kappa shape index (κ3) is 8.78. The van der Waals surface area contributed by atoms with Crippen LogP contribution in [0.15, 0.2) is 0 Å². The van der Waals surface area contributed by atoms with E-state index in [0.717, 1.165) is 62.9 Å². The Hall–Kier alpha value is 0.628. The van der Waals surface area contributed by atoms with Gasteiger partial charge in [-0.3, -0.25) is 0 Å². The minimum atomic E-state index is -2.36. The molecule has 0 aliphatic carbocycles. The van der Waals surface area contributed by atoms with E-state index in [1.165, 1.54) is 0 Å². The first kappa shape index (κ1) is 26.7. The first-order valence-electron chi connectivity index (χ1n) is 11.2. The van der Waals surface area contributed by atoms with Crippen LogP contribution in [0.25, 0.3) is 0 Å². The Labute approximate surface area is 178 Å². The van der Waals surface area contributed by atoms with Gasteiger partial charge >= 0.3 is 34.2 Å². The smallest absolute Gasteiger partial charge is 0.317 e. The van der Waals surface area contributed by atoms with Crippen LogP contribution in [0.4, 0.5) is 0 Å². The summed E-state index contributed by atoms with van der Waals surface area (Å²) in [5, 5.41) is 6.52. The summed E-state index contributed by atoms with van der Waals surface area (Å²) in [5.41, 5.74) is 0. The molecule has 6 nitrogen and oxygen atoms in total. The normalized spacial score (nSPS) is 36.9. The van der Waals surface area contributed by atoms with Crippen molar-refractivity contribution in [3.8, 4) is 0 Å². The monoisotopic (exact) mass is 466 g/mol. The van der Waals surface area contributed by atoms with E-state index in [9.17, 15) is 0 Å². The lowest BCUT2D eigenvalue weighted by Crippen LogP contribution is -2.67. The van der Waals surface area contributed by atoms with Crippen molar-refractivity contribution in [1.82, 2.24) is 10.6 Å². The second-order valence-electron chi connectivity index (χ2n) is 8.86. The summed E-state index contributed by atoms with van der Waals surface area (Å²) >= 11 is 0. The van der Waals surface area contributed by atoms with Crippen LogP contribution < -0.4 is 10.6 Å². The summed E-state index contributed by atoms with van der Waals surface area (Å²) in [6.45, 7) is 15.4. The van der Waals surface area contributed by atoms with Gasteiger partial charge in [-0.15, -0.1) is 0 Å². The molecule has 1 rings (SSSR count). The second-order valence-corrected chi connectivity index (χ2v) is 23.2. The van der Waals surface area contributed by atoms with E-state index in [4.69, 9.17) is 16.5 Å². The minimum absolute atomic E-state index is 0.992. The van der Waals surface area contributed by atoms with E-state index in [1.54, 1.807) is 0 Å². The first-order valence-corrected chi connectivity index (χ1v) is 21.3. The summed E-state index contributed by atoms with van der Waals surface area (Å²) in [6.07, 6.45) is 4.30. The van der Waals surface area contributed by atoms with Gasteiger partial charge in [0.05, 0.1) is 0 Å². The van der Waals surface area contributed by atoms with Gasteiger partial charge in [-0.2, -0.15) is 0 Å². The maximum atomic E-state index is 6.98. The Morgan fingerprint density at radius 1 is 0.536 bits per heavy atom. The van der Waals surface area contributed by atoms with Gasteiger partial charge in [0.1, 0.15) is 0 Å². The number of hydrogen-bond acceptors (Lipinski definition) is 6. The third-order valence-electron chi connectivity index (χ3n) is 5.25. The SMILES string of the molecule is CCC[Si]1(C)O[Si](C)(CCCNC)O[Si](C)(CCC)O[Si](C)(CCCNC)O1. The average Bonchev–Trinajstić information content (AvgIpc) is 2.53. The molecule has 0 aromatic rings. The molecule has 0 aromatic carbocycles. The van der Waals surface area contributed by atoms with Gasteiger partial charge in [0.25, 0.3) is 0 Å². The molecule has 0 spiro atoms. The van der Waals surface area contributed by atoms with Crippen LogP contribution in [-0.4, -0.2) is 61.4 Å². The molecule has 1 heterocycles. The second kappa shape index (κ2) is 11.9. The van der Waals surface area contributed by atoms with Gasteiger partial charge in [-0.25, -0.2) is 0 Å². The highest BCUT2D eigenvalue weighted by Gasteiger charge is 2.55. The molecule has 28 heavy (non-hydrogen) atoms. The maximum Gasteiger partial charge on any atom is 0.317 e. The maximum absolute atomic E-state index is 6.98. The van der Waals surface area contributed by atoms with Crippen molar-refractivity contribution in [2.45, 2.75) is 89.9 Å². The van der Waals surface area contributed by atoms with Gasteiger partial charge in [0.15, 0.2) is 0 Å². The van der Waals surface area contributed by atoms with E-state index in [-0.39, 0.29) is 0 Å². The molecule has 2 N–H and O–H groups in total. The molecular formula is C18H46N2O4Si4. The molecule has 10 heteroatoms. The third-order valence-corrected chi connectivity index (χ3v) is 24.4. The van der Waals surface area contributed by atoms with E-state index in [1.807, 2.05) is 14.1 Å². The first-order chi connectivity index (χ1) is 13.1. The molecule has 1 saturated heterocycles. The summed E-state index contributed by atoms with van der Waals surface area (Å²) in [6, 6.07) is 4.01. The minimum Gasteiger partial charge on any atom is -0.416 e. The van der Waals surface area contributed by atoms with Crippen molar-refractivity contribution < 1.29 is 16.5 Å². The lowest BCUT2D eigenvalue weighted by molar-refractivity contribution is 0.221. The van der Waals surface area contributed by atoms with Gasteiger partial charge in [0, 0.05) is 0 Å². The van der Waals surface area contributed by atoms with Gasteiger partial charge in [-0.05, 0) is 90.4 Å². The van der Waals surface area contributed by atoms with Crippen molar-refractivity contribution in [3.05, 3.63) is 0 Å². The molecule has 0 radical (unpaired) electrons. The molecule has 0 unspecified atom stereocenters. The fraction of sp³-hybridized carbons (Fsp3) is 1.00. The van der Waals surface area contributed by atoms with Gasteiger partial charge in [0.2, 0.25) is 0 Å². The molecule has 0 aromatic heterocycles. The van der Waals surface area contributed by atoms with Crippen molar-refractivity contribution in [1.29, 1.82) is 0 Å². The predicted octanol–water partition coefficient (Wildman–Crippen LogP) is 4.39. The fourth-order valence-corrected chi connectivity index (χ4v) is 27.9. The van der Waals surface area contributed by atoms with Crippen LogP contribution >= 0.6 is 0 Å².